The molecule has 0 N–H and O–H groups in total. The zero-order chi connectivity index (χ0) is 8.39. The number of aryl methyl sites for hydroxylation is 1. The molecular formula is C10H14ClNO. The van der Waals surface area contributed by atoms with Gasteiger partial charge in [0.25, 0.3) is 0 Å². The average molecular weight is 200 g/mol. The van der Waals surface area contributed by atoms with Crippen LogP contribution in [-0.2, 0) is 11.3 Å². The second-order valence-corrected chi connectivity index (χ2v) is 3.02. The highest BCUT2D eigenvalue weighted by atomic mass is 35.5. The standard InChI is InChI=1S/C10H13NO.ClH/c1-12-11-8-4-6-9-5-2-3-7-10(9)11;/h2-3,5,7H,4,6,8H2,1H3;1H. The van der Waals surface area contributed by atoms with Gasteiger partial charge in [-0.05, 0) is 24.5 Å². The lowest BCUT2D eigenvalue weighted by molar-refractivity contribution is 0.161. The van der Waals surface area contributed by atoms with Crippen LogP contribution in [0.5, 0.6) is 0 Å². The lowest BCUT2D eigenvalue weighted by Crippen LogP contribution is -2.27. The zero-order valence-corrected chi connectivity index (χ0v) is 8.51. The summed E-state index contributed by atoms with van der Waals surface area (Å²) in [6.45, 7) is 1.01. The number of para-hydroxylation sites is 1. The summed E-state index contributed by atoms with van der Waals surface area (Å²) in [5.41, 5.74) is 2.62. The Hall–Kier alpha value is -0.730. The quantitative estimate of drug-likeness (QED) is 0.689. The maximum Gasteiger partial charge on any atom is 0.0668 e. The van der Waals surface area contributed by atoms with Crippen LogP contribution in [0.15, 0.2) is 24.3 Å². The van der Waals surface area contributed by atoms with Crippen LogP contribution < -0.4 is 5.06 Å². The van der Waals surface area contributed by atoms with Crippen molar-refractivity contribution in [2.45, 2.75) is 12.8 Å². The topological polar surface area (TPSA) is 12.5 Å². The summed E-state index contributed by atoms with van der Waals surface area (Å²) in [6, 6.07) is 8.41. The Bertz CT molecular complexity index is 277. The molecule has 0 amide bonds. The largest absolute Gasteiger partial charge is 0.277 e. The normalized spacial score (nSPS) is 14.7. The van der Waals surface area contributed by atoms with Crippen molar-refractivity contribution < 1.29 is 4.84 Å². The highest BCUT2D eigenvalue weighted by Gasteiger charge is 2.14. The van der Waals surface area contributed by atoms with E-state index >= 15 is 0 Å². The van der Waals surface area contributed by atoms with Crippen LogP contribution in [0.2, 0.25) is 0 Å². The van der Waals surface area contributed by atoms with Crippen molar-refractivity contribution in [3.8, 4) is 0 Å². The molecule has 0 bridgehead atoms. The highest BCUT2D eigenvalue weighted by Crippen LogP contribution is 2.25. The zero-order valence-electron chi connectivity index (χ0n) is 7.69. The maximum absolute atomic E-state index is 5.25. The first-order valence-corrected chi connectivity index (χ1v) is 4.31. The van der Waals surface area contributed by atoms with Gasteiger partial charge < -0.3 is 0 Å². The van der Waals surface area contributed by atoms with E-state index in [2.05, 4.69) is 24.3 Å². The monoisotopic (exact) mass is 199 g/mol. The molecule has 0 spiro atoms. The number of hydroxylamine groups is 1. The summed E-state index contributed by atoms with van der Waals surface area (Å²) in [5, 5.41) is 1.96. The molecule has 13 heavy (non-hydrogen) atoms. The van der Waals surface area contributed by atoms with Crippen LogP contribution in [0.3, 0.4) is 0 Å². The molecule has 1 heterocycles. The molecule has 2 rings (SSSR count). The summed E-state index contributed by atoms with van der Waals surface area (Å²) >= 11 is 0. The molecule has 0 unspecified atom stereocenters. The minimum absolute atomic E-state index is 0. The predicted molar refractivity (Wildman–Crippen MR) is 56.4 cm³/mol. The van der Waals surface area contributed by atoms with Crippen molar-refractivity contribution >= 4 is 18.1 Å². The number of hydrogen-bond acceptors (Lipinski definition) is 2. The number of benzene rings is 1. The van der Waals surface area contributed by atoms with E-state index in [1.807, 2.05) is 5.06 Å². The Morgan fingerprint density at radius 1 is 1.31 bits per heavy atom. The van der Waals surface area contributed by atoms with E-state index in [0.29, 0.717) is 0 Å². The molecule has 1 aliphatic rings. The van der Waals surface area contributed by atoms with E-state index in [-0.39, 0.29) is 12.4 Å². The SMILES string of the molecule is CON1CCCc2ccccc21.Cl. The molecule has 72 valence electrons. The fraction of sp³-hybridized carbons (Fsp3) is 0.400. The Labute approximate surface area is 84.9 Å². The summed E-state index contributed by atoms with van der Waals surface area (Å²) in [6.07, 6.45) is 2.36. The van der Waals surface area contributed by atoms with Crippen molar-refractivity contribution in [1.82, 2.24) is 0 Å². The van der Waals surface area contributed by atoms with E-state index in [1.54, 1.807) is 7.11 Å². The molecule has 0 saturated heterocycles. The van der Waals surface area contributed by atoms with Gasteiger partial charge in [-0.1, -0.05) is 18.2 Å². The molecule has 1 aliphatic heterocycles. The lowest BCUT2D eigenvalue weighted by Gasteiger charge is -2.28. The Morgan fingerprint density at radius 2 is 2.08 bits per heavy atom. The number of hydrogen-bond donors (Lipinski definition) is 0. The molecule has 3 heteroatoms. The summed E-state index contributed by atoms with van der Waals surface area (Å²) < 4.78 is 0. The lowest BCUT2D eigenvalue weighted by atomic mass is 10.0. The van der Waals surface area contributed by atoms with E-state index in [9.17, 15) is 0 Å². The van der Waals surface area contributed by atoms with E-state index in [0.717, 1.165) is 6.54 Å². The molecule has 0 radical (unpaired) electrons. The molecule has 0 atom stereocenters. The van der Waals surface area contributed by atoms with Crippen LogP contribution in [-0.4, -0.2) is 13.7 Å². The molecule has 0 fully saturated rings. The van der Waals surface area contributed by atoms with Crippen molar-refractivity contribution in [3.63, 3.8) is 0 Å². The first kappa shape index (κ1) is 10.4. The van der Waals surface area contributed by atoms with Crippen LogP contribution in [0.4, 0.5) is 5.69 Å². The van der Waals surface area contributed by atoms with Gasteiger partial charge in [-0.15, -0.1) is 12.4 Å². The predicted octanol–water partition coefficient (Wildman–Crippen LogP) is 2.42. The van der Waals surface area contributed by atoms with Crippen LogP contribution >= 0.6 is 12.4 Å². The van der Waals surface area contributed by atoms with Crippen LogP contribution in [0, 0.1) is 0 Å². The molecule has 1 aromatic rings. The van der Waals surface area contributed by atoms with Gasteiger partial charge in [0, 0.05) is 6.54 Å². The second kappa shape index (κ2) is 4.49. The smallest absolute Gasteiger partial charge is 0.0668 e. The van der Waals surface area contributed by atoms with Crippen LogP contribution in [0.25, 0.3) is 0 Å². The number of rotatable bonds is 1. The third kappa shape index (κ3) is 1.95. The first-order valence-electron chi connectivity index (χ1n) is 4.31. The Kier molecular flexibility index (Phi) is 3.58. The third-order valence-electron chi connectivity index (χ3n) is 2.29. The Morgan fingerprint density at radius 3 is 2.85 bits per heavy atom. The van der Waals surface area contributed by atoms with Crippen molar-refractivity contribution in [2.75, 3.05) is 18.7 Å². The van der Waals surface area contributed by atoms with Crippen molar-refractivity contribution in [2.24, 2.45) is 0 Å². The highest BCUT2D eigenvalue weighted by molar-refractivity contribution is 5.85. The summed E-state index contributed by atoms with van der Waals surface area (Å²) in [7, 11) is 1.72. The minimum atomic E-state index is 0. The number of anilines is 1. The van der Waals surface area contributed by atoms with Crippen LogP contribution in [0.1, 0.15) is 12.0 Å². The van der Waals surface area contributed by atoms with Crippen molar-refractivity contribution in [1.29, 1.82) is 0 Å². The summed E-state index contributed by atoms with van der Waals surface area (Å²) in [4.78, 5) is 5.25. The maximum atomic E-state index is 5.25. The van der Waals surface area contributed by atoms with Gasteiger partial charge in [0.05, 0.1) is 12.8 Å². The van der Waals surface area contributed by atoms with Gasteiger partial charge in [-0.2, -0.15) is 0 Å². The van der Waals surface area contributed by atoms with Gasteiger partial charge in [-0.25, -0.2) is 0 Å². The molecule has 0 saturated carbocycles. The second-order valence-electron chi connectivity index (χ2n) is 3.02. The molecule has 2 nitrogen and oxygen atoms in total. The minimum Gasteiger partial charge on any atom is -0.277 e. The van der Waals surface area contributed by atoms with Gasteiger partial charge in [0.1, 0.15) is 0 Å². The van der Waals surface area contributed by atoms with Gasteiger partial charge in [0.15, 0.2) is 0 Å². The van der Waals surface area contributed by atoms with E-state index in [4.69, 9.17) is 4.84 Å². The van der Waals surface area contributed by atoms with Gasteiger partial charge in [0.2, 0.25) is 0 Å². The molecule has 0 aromatic heterocycles. The third-order valence-corrected chi connectivity index (χ3v) is 2.29. The Balaban J connectivity index is 0.000000845. The average Bonchev–Trinajstić information content (AvgIpc) is 2.17. The fourth-order valence-electron chi connectivity index (χ4n) is 1.69. The fourth-order valence-corrected chi connectivity index (χ4v) is 1.69. The van der Waals surface area contributed by atoms with Crippen molar-refractivity contribution in [3.05, 3.63) is 29.8 Å². The van der Waals surface area contributed by atoms with Gasteiger partial charge >= 0.3 is 0 Å². The number of halogens is 1. The first-order chi connectivity index (χ1) is 5.92. The van der Waals surface area contributed by atoms with E-state index < -0.39 is 0 Å². The number of fused-ring (bicyclic) bond motifs is 1. The van der Waals surface area contributed by atoms with E-state index in [1.165, 1.54) is 24.1 Å². The molecular weight excluding hydrogens is 186 g/mol. The number of nitrogens with zero attached hydrogens (tertiary/aromatic N) is 1. The van der Waals surface area contributed by atoms with Gasteiger partial charge in [-0.3, -0.25) is 9.90 Å². The molecule has 1 aromatic carbocycles. The molecule has 0 aliphatic carbocycles. The summed E-state index contributed by atoms with van der Waals surface area (Å²) in [5.74, 6) is 0.